The number of halogens is 1. The molecule has 7 heteroatoms. The van der Waals surface area contributed by atoms with Crippen molar-refractivity contribution >= 4 is 29.9 Å². The second kappa shape index (κ2) is 14.7. The SMILES string of the molecule is CCNC(=NCc1cccc(OC)c1OC1CCCC1)NCCCOC(C)C.I. The number of guanidine groups is 1. The van der Waals surface area contributed by atoms with Gasteiger partial charge in [-0.15, -0.1) is 24.0 Å². The molecule has 6 nitrogen and oxygen atoms in total. The molecule has 0 aromatic heterocycles. The lowest BCUT2D eigenvalue weighted by atomic mass is 10.1. The van der Waals surface area contributed by atoms with Crippen LogP contribution in [0.25, 0.3) is 0 Å². The van der Waals surface area contributed by atoms with E-state index in [-0.39, 0.29) is 36.2 Å². The van der Waals surface area contributed by atoms with Crippen molar-refractivity contribution in [2.24, 2.45) is 4.99 Å². The largest absolute Gasteiger partial charge is 0.493 e. The number of methoxy groups -OCH3 is 1. The van der Waals surface area contributed by atoms with Crippen molar-refractivity contribution in [3.63, 3.8) is 0 Å². The lowest BCUT2D eigenvalue weighted by molar-refractivity contribution is 0.0776. The monoisotopic (exact) mass is 519 g/mol. The number of aliphatic imine (C=N–C) groups is 1. The van der Waals surface area contributed by atoms with Crippen LogP contribution < -0.4 is 20.1 Å². The fraction of sp³-hybridized carbons (Fsp3) is 0.682. The number of benzene rings is 1. The highest BCUT2D eigenvalue weighted by Crippen LogP contribution is 2.35. The molecule has 0 amide bonds. The number of nitrogens with zero attached hydrogens (tertiary/aromatic N) is 1. The number of rotatable bonds is 11. The molecule has 0 bridgehead atoms. The highest BCUT2D eigenvalue weighted by atomic mass is 127. The summed E-state index contributed by atoms with van der Waals surface area (Å²) >= 11 is 0. The van der Waals surface area contributed by atoms with Crippen LogP contribution in [0.3, 0.4) is 0 Å². The van der Waals surface area contributed by atoms with Gasteiger partial charge >= 0.3 is 0 Å². The van der Waals surface area contributed by atoms with Gasteiger partial charge in [0.05, 0.1) is 25.9 Å². The van der Waals surface area contributed by atoms with Crippen molar-refractivity contribution < 1.29 is 14.2 Å². The summed E-state index contributed by atoms with van der Waals surface area (Å²) in [7, 11) is 1.69. The molecule has 2 N–H and O–H groups in total. The van der Waals surface area contributed by atoms with Gasteiger partial charge in [-0.3, -0.25) is 0 Å². The number of para-hydroxylation sites is 1. The smallest absolute Gasteiger partial charge is 0.191 e. The van der Waals surface area contributed by atoms with Gasteiger partial charge in [-0.1, -0.05) is 12.1 Å². The van der Waals surface area contributed by atoms with E-state index in [0.717, 1.165) is 62.0 Å². The van der Waals surface area contributed by atoms with E-state index in [1.807, 2.05) is 12.1 Å². The topological polar surface area (TPSA) is 64.1 Å². The van der Waals surface area contributed by atoms with Crippen molar-refractivity contribution in [2.75, 3.05) is 26.8 Å². The van der Waals surface area contributed by atoms with Gasteiger partial charge < -0.3 is 24.8 Å². The van der Waals surface area contributed by atoms with Crippen LogP contribution in [0.2, 0.25) is 0 Å². The minimum atomic E-state index is 0. The summed E-state index contributed by atoms with van der Waals surface area (Å²) in [5.41, 5.74) is 1.05. The molecular weight excluding hydrogens is 481 g/mol. The Hall–Kier alpha value is -1.22. The summed E-state index contributed by atoms with van der Waals surface area (Å²) in [4.78, 5) is 4.75. The van der Waals surface area contributed by atoms with Crippen LogP contribution in [0.15, 0.2) is 23.2 Å². The number of hydrogen-bond acceptors (Lipinski definition) is 4. The van der Waals surface area contributed by atoms with Gasteiger partial charge in [-0.2, -0.15) is 0 Å². The van der Waals surface area contributed by atoms with Crippen molar-refractivity contribution in [3.05, 3.63) is 23.8 Å². The summed E-state index contributed by atoms with van der Waals surface area (Å²) < 4.78 is 17.4. The molecule has 0 saturated heterocycles. The molecule has 166 valence electrons. The standard InChI is InChI=1S/C22H37N3O3.HI/c1-5-23-22(24-14-9-15-27-17(2)3)25-16-18-10-8-13-20(26-4)21(18)28-19-11-6-7-12-19;/h8,10,13,17,19H,5-7,9,11-12,14-16H2,1-4H3,(H2,23,24,25);1H. The lowest BCUT2D eigenvalue weighted by Crippen LogP contribution is -2.38. The van der Waals surface area contributed by atoms with E-state index in [1.54, 1.807) is 7.11 Å². The average molecular weight is 519 g/mol. The third kappa shape index (κ3) is 9.42. The quantitative estimate of drug-likeness (QED) is 0.195. The summed E-state index contributed by atoms with van der Waals surface area (Å²) in [5, 5.41) is 6.67. The Morgan fingerprint density at radius 1 is 1.21 bits per heavy atom. The molecule has 2 rings (SSSR count). The molecule has 0 heterocycles. The summed E-state index contributed by atoms with van der Waals surface area (Å²) in [5.74, 6) is 2.42. The first-order valence-corrected chi connectivity index (χ1v) is 10.6. The molecular formula is C22H38IN3O3. The first-order chi connectivity index (χ1) is 13.6. The van der Waals surface area contributed by atoms with Crippen molar-refractivity contribution in [3.8, 4) is 11.5 Å². The molecule has 0 spiro atoms. The highest BCUT2D eigenvalue weighted by molar-refractivity contribution is 14.0. The molecule has 1 fully saturated rings. The number of hydrogen-bond donors (Lipinski definition) is 2. The zero-order valence-corrected chi connectivity index (χ0v) is 20.7. The normalized spacial score (nSPS) is 14.6. The van der Waals surface area contributed by atoms with Gasteiger partial charge in [0, 0.05) is 25.3 Å². The summed E-state index contributed by atoms with van der Waals surface area (Å²) in [6.45, 7) is 9.10. The van der Waals surface area contributed by atoms with E-state index < -0.39 is 0 Å². The molecule has 1 aromatic rings. The second-order valence-corrected chi connectivity index (χ2v) is 7.37. The second-order valence-electron chi connectivity index (χ2n) is 7.37. The van der Waals surface area contributed by atoms with E-state index in [9.17, 15) is 0 Å². The van der Waals surface area contributed by atoms with E-state index >= 15 is 0 Å². The predicted octanol–water partition coefficient (Wildman–Crippen LogP) is 4.50. The zero-order chi connectivity index (χ0) is 20.2. The molecule has 0 aliphatic heterocycles. The molecule has 1 aromatic carbocycles. The van der Waals surface area contributed by atoms with E-state index in [0.29, 0.717) is 6.54 Å². The minimum Gasteiger partial charge on any atom is -0.493 e. The Balaban J connectivity index is 0.00000420. The maximum atomic E-state index is 6.30. The minimum absolute atomic E-state index is 0. The van der Waals surface area contributed by atoms with Gasteiger partial charge in [0.15, 0.2) is 17.5 Å². The van der Waals surface area contributed by atoms with Gasteiger partial charge in [-0.05, 0) is 58.9 Å². The van der Waals surface area contributed by atoms with Crippen LogP contribution >= 0.6 is 24.0 Å². The molecule has 0 unspecified atom stereocenters. The molecule has 0 radical (unpaired) electrons. The Bertz CT molecular complexity index is 605. The molecule has 0 atom stereocenters. The van der Waals surface area contributed by atoms with Crippen molar-refractivity contribution in [2.45, 2.75) is 71.6 Å². The van der Waals surface area contributed by atoms with E-state index in [1.165, 1.54) is 12.8 Å². The molecule has 29 heavy (non-hydrogen) atoms. The number of ether oxygens (including phenoxy) is 3. The Kier molecular flexibility index (Phi) is 13.1. The first kappa shape index (κ1) is 25.8. The van der Waals surface area contributed by atoms with Crippen LogP contribution in [-0.2, 0) is 11.3 Å². The first-order valence-electron chi connectivity index (χ1n) is 10.6. The fourth-order valence-electron chi connectivity index (χ4n) is 3.26. The Morgan fingerprint density at radius 2 is 1.97 bits per heavy atom. The van der Waals surface area contributed by atoms with E-state index in [2.05, 4.69) is 37.5 Å². The van der Waals surface area contributed by atoms with E-state index in [4.69, 9.17) is 19.2 Å². The maximum absolute atomic E-state index is 6.30. The Labute approximate surface area is 193 Å². The van der Waals surface area contributed by atoms with Crippen LogP contribution in [0, 0.1) is 0 Å². The third-order valence-electron chi connectivity index (χ3n) is 4.68. The third-order valence-corrected chi connectivity index (χ3v) is 4.68. The van der Waals surface area contributed by atoms with Gasteiger partial charge in [0.1, 0.15) is 0 Å². The molecule has 1 aliphatic rings. The summed E-state index contributed by atoms with van der Waals surface area (Å²) in [6.07, 6.45) is 6.20. The highest BCUT2D eigenvalue weighted by Gasteiger charge is 2.20. The lowest BCUT2D eigenvalue weighted by Gasteiger charge is -2.19. The van der Waals surface area contributed by atoms with Gasteiger partial charge in [0.25, 0.3) is 0 Å². The molecule has 1 saturated carbocycles. The number of nitrogens with one attached hydrogen (secondary N) is 2. The Morgan fingerprint density at radius 3 is 2.62 bits per heavy atom. The maximum Gasteiger partial charge on any atom is 0.191 e. The van der Waals surface area contributed by atoms with Crippen LogP contribution in [0.4, 0.5) is 0 Å². The zero-order valence-electron chi connectivity index (χ0n) is 18.3. The van der Waals surface area contributed by atoms with Crippen LogP contribution in [-0.4, -0.2) is 45.0 Å². The predicted molar refractivity (Wildman–Crippen MR) is 130 cm³/mol. The average Bonchev–Trinajstić information content (AvgIpc) is 3.19. The molecule has 1 aliphatic carbocycles. The van der Waals surface area contributed by atoms with Crippen LogP contribution in [0.5, 0.6) is 11.5 Å². The van der Waals surface area contributed by atoms with Crippen LogP contribution in [0.1, 0.15) is 58.4 Å². The fourth-order valence-corrected chi connectivity index (χ4v) is 3.26. The van der Waals surface area contributed by atoms with Gasteiger partial charge in [0.2, 0.25) is 0 Å². The summed E-state index contributed by atoms with van der Waals surface area (Å²) in [6, 6.07) is 6.01. The van der Waals surface area contributed by atoms with Gasteiger partial charge in [-0.25, -0.2) is 4.99 Å². The van der Waals surface area contributed by atoms with Crippen molar-refractivity contribution in [1.29, 1.82) is 0 Å². The van der Waals surface area contributed by atoms with Crippen molar-refractivity contribution in [1.82, 2.24) is 10.6 Å².